The fourth-order valence-corrected chi connectivity index (χ4v) is 1.86. The van der Waals surface area contributed by atoms with Gasteiger partial charge in [0, 0.05) is 19.3 Å². The lowest BCUT2D eigenvalue weighted by molar-refractivity contribution is 0.0692. The third kappa shape index (κ3) is 3.64. The van der Waals surface area contributed by atoms with Crippen LogP contribution in [0, 0.1) is 12.7 Å². The number of rotatable bonds is 6. The third-order valence-electron chi connectivity index (χ3n) is 2.87. The number of nitrogens with zero attached hydrogens (tertiary/aromatic N) is 2. The van der Waals surface area contributed by atoms with Crippen LogP contribution in [-0.2, 0) is 13.1 Å². The minimum Gasteiger partial charge on any atom is -0.478 e. The molecule has 2 rings (SSSR count). The first kappa shape index (κ1) is 14.2. The van der Waals surface area contributed by atoms with E-state index in [2.05, 4.69) is 10.4 Å². The van der Waals surface area contributed by atoms with E-state index in [0.29, 0.717) is 18.7 Å². The lowest BCUT2D eigenvalue weighted by Crippen LogP contribution is -2.20. The fraction of sp³-hybridized carbons (Fsp3) is 0.286. The molecule has 0 amide bonds. The van der Waals surface area contributed by atoms with Crippen LogP contribution in [0.4, 0.5) is 4.39 Å². The van der Waals surface area contributed by atoms with Crippen LogP contribution in [0.1, 0.15) is 21.5 Å². The summed E-state index contributed by atoms with van der Waals surface area (Å²) in [6.07, 6.45) is 3.74. The summed E-state index contributed by atoms with van der Waals surface area (Å²) in [7, 11) is 0. The Morgan fingerprint density at radius 1 is 1.50 bits per heavy atom. The molecule has 0 radical (unpaired) electrons. The van der Waals surface area contributed by atoms with Crippen LogP contribution < -0.4 is 5.32 Å². The number of nitrogens with one attached hydrogen (secondary N) is 1. The number of aryl methyl sites for hydroxylation is 1. The molecule has 20 heavy (non-hydrogen) atoms. The van der Waals surface area contributed by atoms with Crippen LogP contribution >= 0.6 is 0 Å². The van der Waals surface area contributed by atoms with Crippen molar-refractivity contribution in [3.05, 3.63) is 53.1 Å². The van der Waals surface area contributed by atoms with Crippen LogP contribution in [0.5, 0.6) is 0 Å². The monoisotopic (exact) mass is 277 g/mol. The Bertz CT molecular complexity index is 610. The van der Waals surface area contributed by atoms with Gasteiger partial charge in [-0.25, -0.2) is 9.18 Å². The first-order valence-corrected chi connectivity index (χ1v) is 6.28. The molecule has 1 aromatic carbocycles. The van der Waals surface area contributed by atoms with E-state index in [4.69, 9.17) is 5.11 Å². The molecule has 106 valence electrons. The van der Waals surface area contributed by atoms with Gasteiger partial charge in [0.25, 0.3) is 0 Å². The van der Waals surface area contributed by atoms with Crippen LogP contribution in [-0.4, -0.2) is 27.4 Å². The van der Waals surface area contributed by atoms with Crippen molar-refractivity contribution in [2.24, 2.45) is 0 Å². The summed E-state index contributed by atoms with van der Waals surface area (Å²) in [4.78, 5) is 10.7. The second-order valence-corrected chi connectivity index (χ2v) is 4.58. The molecule has 2 N–H and O–H groups in total. The van der Waals surface area contributed by atoms with Crippen LogP contribution in [0.2, 0.25) is 0 Å². The third-order valence-corrected chi connectivity index (χ3v) is 2.87. The second kappa shape index (κ2) is 6.29. The molecule has 1 aromatic heterocycles. The molecule has 0 fully saturated rings. The maximum atomic E-state index is 13.5. The van der Waals surface area contributed by atoms with Crippen molar-refractivity contribution in [2.45, 2.75) is 20.0 Å². The molecule has 0 aliphatic carbocycles. The van der Waals surface area contributed by atoms with E-state index in [0.717, 1.165) is 12.1 Å². The number of hydrogen-bond donors (Lipinski definition) is 2. The molecule has 1 heterocycles. The van der Waals surface area contributed by atoms with Crippen LogP contribution in [0.3, 0.4) is 0 Å². The largest absolute Gasteiger partial charge is 0.478 e. The van der Waals surface area contributed by atoms with Crippen molar-refractivity contribution in [2.75, 3.05) is 6.54 Å². The smallest absolute Gasteiger partial charge is 0.338 e. The minimum atomic E-state index is -1.25. The minimum absolute atomic E-state index is 0.305. The quantitative estimate of drug-likeness (QED) is 0.790. The molecular formula is C14H16FN3O2. The van der Waals surface area contributed by atoms with Crippen molar-refractivity contribution in [3.8, 4) is 0 Å². The summed E-state index contributed by atoms with van der Waals surface area (Å²) in [5, 5.41) is 16.1. The van der Waals surface area contributed by atoms with E-state index in [-0.39, 0.29) is 5.56 Å². The maximum Gasteiger partial charge on any atom is 0.338 e. The number of carbonyl (C=O) groups is 1. The van der Waals surface area contributed by atoms with Gasteiger partial charge in [-0.2, -0.15) is 5.10 Å². The summed E-state index contributed by atoms with van der Waals surface area (Å²) in [6.45, 7) is 3.88. The van der Waals surface area contributed by atoms with Crippen LogP contribution in [0.15, 0.2) is 30.6 Å². The Kier molecular flexibility index (Phi) is 4.47. The molecule has 0 aliphatic rings. The molecule has 0 aliphatic heterocycles. The van der Waals surface area contributed by atoms with E-state index in [1.54, 1.807) is 12.3 Å². The predicted octanol–water partition coefficient (Wildman–Crippen LogP) is 1.82. The van der Waals surface area contributed by atoms with Gasteiger partial charge >= 0.3 is 5.97 Å². The van der Waals surface area contributed by atoms with Crippen molar-refractivity contribution in [3.63, 3.8) is 0 Å². The van der Waals surface area contributed by atoms with Gasteiger partial charge < -0.3 is 10.4 Å². The van der Waals surface area contributed by atoms with Gasteiger partial charge in [0.05, 0.1) is 18.3 Å². The highest BCUT2D eigenvalue weighted by Gasteiger charge is 2.09. The van der Waals surface area contributed by atoms with Gasteiger partial charge in [-0.3, -0.25) is 4.68 Å². The number of carboxylic acids is 1. The predicted molar refractivity (Wildman–Crippen MR) is 72.0 cm³/mol. The number of benzene rings is 1. The number of carboxylic acid groups (broad SMARTS) is 1. The van der Waals surface area contributed by atoms with E-state index in [1.807, 2.05) is 17.8 Å². The average Bonchev–Trinajstić information content (AvgIpc) is 2.80. The van der Waals surface area contributed by atoms with Crippen molar-refractivity contribution < 1.29 is 14.3 Å². The normalized spacial score (nSPS) is 10.7. The first-order chi connectivity index (χ1) is 9.56. The number of aromatic carboxylic acids is 1. The number of hydrogen-bond acceptors (Lipinski definition) is 3. The van der Waals surface area contributed by atoms with Gasteiger partial charge in [0.15, 0.2) is 0 Å². The zero-order valence-corrected chi connectivity index (χ0v) is 11.1. The van der Waals surface area contributed by atoms with E-state index in [9.17, 15) is 9.18 Å². The highest BCUT2D eigenvalue weighted by atomic mass is 19.1. The Morgan fingerprint density at radius 3 is 2.90 bits per heavy atom. The Balaban J connectivity index is 1.82. The van der Waals surface area contributed by atoms with Gasteiger partial charge in [-0.15, -0.1) is 0 Å². The molecule has 0 spiro atoms. The molecule has 0 saturated carbocycles. The SMILES string of the molecule is Cc1cnn(CCNCc2ccc(C(=O)O)c(F)c2)c1. The first-order valence-electron chi connectivity index (χ1n) is 6.28. The fourth-order valence-electron chi connectivity index (χ4n) is 1.86. The molecule has 6 heteroatoms. The molecule has 0 saturated heterocycles. The summed E-state index contributed by atoms with van der Waals surface area (Å²) in [5.74, 6) is -1.96. The average molecular weight is 277 g/mol. The zero-order valence-electron chi connectivity index (χ0n) is 11.1. The summed E-state index contributed by atoms with van der Waals surface area (Å²) >= 11 is 0. The van der Waals surface area contributed by atoms with Gasteiger partial charge in [-0.1, -0.05) is 6.07 Å². The number of aromatic nitrogens is 2. The molecule has 0 atom stereocenters. The van der Waals surface area contributed by atoms with E-state index < -0.39 is 11.8 Å². The van der Waals surface area contributed by atoms with Gasteiger partial charge in [-0.05, 0) is 30.2 Å². The molecule has 2 aromatic rings. The lowest BCUT2D eigenvalue weighted by Gasteiger charge is -2.06. The summed E-state index contributed by atoms with van der Waals surface area (Å²) in [6, 6.07) is 4.14. The van der Waals surface area contributed by atoms with Crippen LogP contribution in [0.25, 0.3) is 0 Å². The maximum absolute atomic E-state index is 13.5. The molecule has 0 bridgehead atoms. The summed E-state index contributed by atoms with van der Waals surface area (Å²) in [5.41, 5.74) is 1.52. The summed E-state index contributed by atoms with van der Waals surface area (Å²) < 4.78 is 15.3. The second-order valence-electron chi connectivity index (χ2n) is 4.58. The zero-order chi connectivity index (χ0) is 14.5. The highest BCUT2D eigenvalue weighted by Crippen LogP contribution is 2.10. The Labute approximate surface area is 116 Å². The van der Waals surface area contributed by atoms with E-state index in [1.165, 1.54) is 12.1 Å². The van der Waals surface area contributed by atoms with Crippen molar-refractivity contribution in [1.29, 1.82) is 0 Å². The molecular weight excluding hydrogens is 261 g/mol. The Hall–Kier alpha value is -2.21. The number of halogens is 1. The van der Waals surface area contributed by atoms with Gasteiger partial charge in [0.2, 0.25) is 0 Å². The van der Waals surface area contributed by atoms with Crippen molar-refractivity contribution >= 4 is 5.97 Å². The highest BCUT2D eigenvalue weighted by molar-refractivity contribution is 5.87. The van der Waals surface area contributed by atoms with E-state index >= 15 is 0 Å². The van der Waals surface area contributed by atoms with Gasteiger partial charge in [0.1, 0.15) is 5.82 Å². The van der Waals surface area contributed by atoms with Crippen molar-refractivity contribution in [1.82, 2.24) is 15.1 Å². The topological polar surface area (TPSA) is 67.2 Å². The standard InChI is InChI=1S/C14H16FN3O2/c1-10-7-17-18(9-10)5-4-16-8-11-2-3-12(14(19)20)13(15)6-11/h2-3,6-7,9,16H,4-5,8H2,1H3,(H,19,20). The molecule has 5 nitrogen and oxygen atoms in total. The Morgan fingerprint density at radius 2 is 2.30 bits per heavy atom. The lowest BCUT2D eigenvalue weighted by atomic mass is 10.1. The molecule has 0 unspecified atom stereocenters.